The summed E-state index contributed by atoms with van der Waals surface area (Å²) < 4.78 is 5.82. The maximum atomic E-state index is 11.9. The number of likely N-dealkylation sites (tertiary alicyclic amines) is 1. The molecule has 0 saturated carbocycles. The molecule has 0 radical (unpaired) electrons. The van der Waals surface area contributed by atoms with Gasteiger partial charge in [-0.05, 0) is 45.0 Å². The second-order valence-electron chi connectivity index (χ2n) is 6.73. The number of carbonyl (C=O) groups excluding carboxylic acids is 1. The number of aryl methyl sites for hydroxylation is 1. The van der Waals surface area contributed by atoms with Gasteiger partial charge in [0.2, 0.25) is 11.8 Å². The third-order valence-electron chi connectivity index (χ3n) is 4.63. The Morgan fingerprint density at radius 2 is 2.24 bits per heavy atom. The number of aromatic nitrogens is 1. The normalized spacial score (nSPS) is 17.7. The van der Waals surface area contributed by atoms with Crippen LogP contribution in [-0.2, 0) is 11.3 Å². The fourth-order valence-corrected chi connectivity index (χ4v) is 3.55. The first-order valence-corrected chi connectivity index (χ1v) is 9.02. The third-order valence-corrected chi connectivity index (χ3v) is 4.87. The van der Waals surface area contributed by atoms with Crippen molar-refractivity contribution in [2.45, 2.75) is 26.8 Å². The highest BCUT2D eigenvalue weighted by Gasteiger charge is 2.29. The van der Waals surface area contributed by atoms with Gasteiger partial charge in [-0.2, -0.15) is 0 Å². The molecule has 1 fully saturated rings. The van der Waals surface area contributed by atoms with Crippen molar-refractivity contribution in [1.82, 2.24) is 14.8 Å². The number of nitrogens with zero attached hydrogens (tertiary/aromatic N) is 3. The minimum absolute atomic E-state index is 0.266. The first-order chi connectivity index (χ1) is 12.0. The van der Waals surface area contributed by atoms with Gasteiger partial charge in [0.05, 0.1) is 5.69 Å². The van der Waals surface area contributed by atoms with Crippen molar-refractivity contribution in [3.63, 3.8) is 0 Å². The summed E-state index contributed by atoms with van der Waals surface area (Å²) in [5.41, 5.74) is 1.80. The number of hydrogen-bond donors (Lipinski definition) is 0. The van der Waals surface area contributed by atoms with Crippen LogP contribution in [0.1, 0.15) is 24.8 Å². The Morgan fingerprint density at radius 1 is 1.44 bits per heavy atom. The zero-order valence-corrected chi connectivity index (χ0v) is 15.7. The molecular weight excluding hydrogens is 338 g/mol. The summed E-state index contributed by atoms with van der Waals surface area (Å²) >= 11 is 6.05. The molecule has 1 aliphatic rings. The average molecular weight is 362 g/mol. The van der Waals surface area contributed by atoms with Crippen LogP contribution in [0.3, 0.4) is 0 Å². The molecule has 1 aliphatic heterocycles. The van der Waals surface area contributed by atoms with Crippen LogP contribution >= 0.6 is 11.6 Å². The summed E-state index contributed by atoms with van der Waals surface area (Å²) in [6.07, 6.45) is 0.643. The van der Waals surface area contributed by atoms with Crippen LogP contribution in [0.2, 0.25) is 5.02 Å². The predicted octanol–water partition coefficient (Wildman–Crippen LogP) is 3.60. The van der Waals surface area contributed by atoms with Gasteiger partial charge in [0.25, 0.3) is 0 Å². The largest absolute Gasteiger partial charge is 0.441 e. The van der Waals surface area contributed by atoms with Crippen molar-refractivity contribution in [1.29, 1.82) is 0 Å². The number of amides is 1. The highest BCUT2D eigenvalue weighted by atomic mass is 35.5. The van der Waals surface area contributed by atoms with E-state index in [1.165, 1.54) is 0 Å². The maximum absolute atomic E-state index is 11.9. The molecule has 3 rings (SSSR count). The number of carbonyl (C=O) groups is 1. The second kappa shape index (κ2) is 7.58. The molecule has 0 unspecified atom stereocenters. The number of halogens is 1. The van der Waals surface area contributed by atoms with Crippen molar-refractivity contribution in [3.05, 3.63) is 40.7 Å². The smallest absolute Gasteiger partial charge is 0.226 e. The Kier molecular flexibility index (Phi) is 5.45. The summed E-state index contributed by atoms with van der Waals surface area (Å²) in [4.78, 5) is 20.6. The molecule has 1 atom stereocenters. The van der Waals surface area contributed by atoms with E-state index in [1.807, 2.05) is 43.0 Å². The van der Waals surface area contributed by atoms with Gasteiger partial charge in [0.1, 0.15) is 5.76 Å². The SMILES string of the molecule is CCN1C[C@H](CN(C)Cc2nc(-c3cccc(Cl)c3)oc2C)CC1=O. The summed E-state index contributed by atoms with van der Waals surface area (Å²) in [5, 5.41) is 0.665. The van der Waals surface area contributed by atoms with E-state index in [1.54, 1.807) is 0 Å². The molecular formula is C19H24ClN3O2. The Bertz CT molecular complexity index is 759. The van der Waals surface area contributed by atoms with Crippen molar-refractivity contribution >= 4 is 17.5 Å². The van der Waals surface area contributed by atoms with Gasteiger partial charge in [-0.3, -0.25) is 4.79 Å². The molecule has 0 N–H and O–H groups in total. The fourth-order valence-electron chi connectivity index (χ4n) is 3.36. The zero-order valence-electron chi connectivity index (χ0n) is 15.0. The molecule has 5 nitrogen and oxygen atoms in total. The molecule has 1 amide bonds. The van der Waals surface area contributed by atoms with Crippen LogP contribution in [0, 0.1) is 12.8 Å². The minimum atomic E-state index is 0.266. The Morgan fingerprint density at radius 3 is 2.92 bits per heavy atom. The van der Waals surface area contributed by atoms with Crippen molar-refractivity contribution in [3.8, 4) is 11.5 Å². The van der Waals surface area contributed by atoms with Gasteiger partial charge in [-0.15, -0.1) is 0 Å². The topological polar surface area (TPSA) is 49.6 Å². The lowest BCUT2D eigenvalue weighted by molar-refractivity contribution is -0.127. The minimum Gasteiger partial charge on any atom is -0.441 e. The van der Waals surface area contributed by atoms with Crippen LogP contribution in [-0.4, -0.2) is 47.4 Å². The van der Waals surface area contributed by atoms with E-state index in [2.05, 4.69) is 16.9 Å². The van der Waals surface area contributed by atoms with E-state index in [0.717, 1.165) is 36.7 Å². The van der Waals surface area contributed by atoms with E-state index in [9.17, 15) is 4.79 Å². The standard InChI is InChI=1S/C19H24ClN3O2/c1-4-23-11-14(8-18(23)24)10-22(3)12-17-13(2)25-19(21-17)15-6-5-7-16(20)9-15/h5-7,9,14H,4,8,10-12H2,1-3H3/t14-/m0/s1. The van der Waals surface area contributed by atoms with Gasteiger partial charge in [-0.1, -0.05) is 17.7 Å². The molecule has 25 heavy (non-hydrogen) atoms. The Balaban J connectivity index is 1.64. The fraction of sp³-hybridized carbons (Fsp3) is 0.474. The number of benzene rings is 1. The van der Waals surface area contributed by atoms with Crippen LogP contribution in [0.5, 0.6) is 0 Å². The molecule has 6 heteroatoms. The van der Waals surface area contributed by atoms with Crippen molar-refractivity contribution < 1.29 is 9.21 Å². The lowest BCUT2D eigenvalue weighted by Gasteiger charge is -2.20. The molecule has 0 bridgehead atoms. The zero-order chi connectivity index (χ0) is 18.0. The quantitative estimate of drug-likeness (QED) is 0.788. The van der Waals surface area contributed by atoms with E-state index in [4.69, 9.17) is 16.0 Å². The number of rotatable bonds is 6. The predicted molar refractivity (Wildman–Crippen MR) is 98.4 cm³/mol. The lowest BCUT2D eigenvalue weighted by Crippen LogP contribution is -2.28. The molecule has 1 aromatic carbocycles. The van der Waals surface area contributed by atoms with Crippen molar-refractivity contribution in [2.24, 2.45) is 5.92 Å². The van der Waals surface area contributed by atoms with E-state index in [0.29, 0.717) is 29.8 Å². The molecule has 0 spiro atoms. The van der Waals surface area contributed by atoms with Gasteiger partial charge >= 0.3 is 0 Å². The number of oxazole rings is 1. The van der Waals surface area contributed by atoms with Crippen LogP contribution in [0.4, 0.5) is 0 Å². The molecule has 1 saturated heterocycles. The summed E-state index contributed by atoms with van der Waals surface area (Å²) in [6, 6.07) is 7.51. The van der Waals surface area contributed by atoms with Gasteiger partial charge in [0, 0.05) is 43.2 Å². The summed E-state index contributed by atoms with van der Waals surface area (Å²) in [5.74, 6) is 2.06. The maximum Gasteiger partial charge on any atom is 0.226 e. The van der Waals surface area contributed by atoms with Gasteiger partial charge in [-0.25, -0.2) is 4.98 Å². The molecule has 2 aromatic rings. The number of hydrogen-bond acceptors (Lipinski definition) is 4. The Labute approximate surface area is 153 Å². The molecule has 2 heterocycles. The third kappa shape index (κ3) is 4.22. The lowest BCUT2D eigenvalue weighted by atomic mass is 10.1. The first kappa shape index (κ1) is 18.0. The average Bonchev–Trinajstić information content (AvgIpc) is 3.10. The first-order valence-electron chi connectivity index (χ1n) is 8.64. The van der Waals surface area contributed by atoms with E-state index < -0.39 is 0 Å². The van der Waals surface area contributed by atoms with E-state index in [-0.39, 0.29) is 5.91 Å². The monoisotopic (exact) mass is 361 g/mol. The van der Waals surface area contributed by atoms with Crippen molar-refractivity contribution in [2.75, 3.05) is 26.7 Å². The summed E-state index contributed by atoms with van der Waals surface area (Å²) in [7, 11) is 2.06. The Hall–Kier alpha value is -1.85. The molecule has 0 aliphatic carbocycles. The summed E-state index contributed by atoms with van der Waals surface area (Å²) in [6.45, 7) is 7.19. The van der Waals surface area contributed by atoms with Gasteiger partial charge in [0.15, 0.2) is 0 Å². The van der Waals surface area contributed by atoms with Crippen LogP contribution < -0.4 is 0 Å². The molecule has 1 aromatic heterocycles. The van der Waals surface area contributed by atoms with Crippen LogP contribution in [0.25, 0.3) is 11.5 Å². The highest BCUT2D eigenvalue weighted by Crippen LogP contribution is 2.25. The second-order valence-corrected chi connectivity index (χ2v) is 7.17. The van der Waals surface area contributed by atoms with Crippen LogP contribution in [0.15, 0.2) is 28.7 Å². The highest BCUT2D eigenvalue weighted by molar-refractivity contribution is 6.30. The molecule has 134 valence electrons. The van der Waals surface area contributed by atoms with Gasteiger partial charge < -0.3 is 14.2 Å². The van der Waals surface area contributed by atoms with E-state index >= 15 is 0 Å².